The third-order valence-electron chi connectivity index (χ3n) is 6.87. The Balaban J connectivity index is 1.23. The minimum atomic E-state index is -0.666. The highest BCUT2D eigenvalue weighted by Crippen LogP contribution is 2.33. The molecular weight excluding hydrogens is 504 g/mol. The van der Waals surface area contributed by atoms with Crippen LogP contribution in [0, 0.1) is 0 Å². The van der Waals surface area contributed by atoms with Gasteiger partial charge in [-0.25, -0.2) is 0 Å². The number of nitrogens with one attached hydrogen (secondary N) is 4. The van der Waals surface area contributed by atoms with Gasteiger partial charge in [-0.15, -0.1) is 0 Å². The smallest absolute Gasteiger partial charge is 0.244 e. The predicted octanol–water partition coefficient (Wildman–Crippen LogP) is 4.91. The summed E-state index contributed by atoms with van der Waals surface area (Å²) in [5, 5.41) is 9.35. The first-order chi connectivity index (χ1) is 18.3. The summed E-state index contributed by atoms with van der Waals surface area (Å²) in [6.07, 6.45) is 5.31. The van der Waals surface area contributed by atoms with E-state index in [2.05, 4.69) is 25.6 Å². The minimum absolute atomic E-state index is 0.0407. The van der Waals surface area contributed by atoms with E-state index < -0.39 is 11.6 Å². The number of carbonyl (C=O) groups is 2. The summed E-state index contributed by atoms with van der Waals surface area (Å²) in [5.74, 6) is -0.481. The molecule has 0 bridgehead atoms. The molecule has 38 heavy (non-hydrogen) atoms. The van der Waals surface area contributed by atoms with Gasteiger partial charge in [0.2, 0.25) is 11.8 Å². The Morgan fingerprint density at radius 3 is 2.87 bits per heavy atom. The summed E-state index contributed by atoms with van der Waals surface area (Å²) in [6.45, 7) is 4.51. The van der Waals surface area contributed by atoms with E-state index in [1.54, 1.807) is 18.5 Å². The summed E-state index contributed by atoms with van der Waals surface area (Å²) in [6, 6.07) is 12.5. The van der Waals surface area contributed by atoms with Gasteiger partial charge in [-0.1, -0.05) is 11.6 Å². The summed E-state index contributed by atoms with van der Waals surface area (Å²) < 4.78 is 5.99. The number of halogens is 1. The first kappa shape index (κ1) is 24.4. The molecule has 2 aromatic carbocycles. The van der Waals surface area contributed by atoms with E-state index >= 15 is 0 Å². The van der Waals surface area contributed by atoms with Crippen LogP contribution in [0.15, 0.2) is 61.1 Å². The number of benzene rings is 2. The fourth-order valence-corrected chi connectivity index (χ4v) is 5.33. The number of morpholine rings is 1. The number of aromatic nitrogens is 3. The maximum absolute atomic E-state index is 13.6. The Bertz CT molecular complexity index is 1690. The second-order valence-electron chi connectivity index (χ2n) is 10.2. The van der Waals surface area contributed by atoms with Crippen molar-refractivity contribution in [3.8, 4) is 0 Å². The van der Waals surface area contributed by atoms with Gasteiger partial charge in [-0.3, -0.25) is 19.5 Å². The van der Waals surface area contributed by atoms with Crippen LogP contribution in [0.3, 0.4) is 0 Å². The van der Waals surface area contributed by atoms with Crippen LogP contribution in [0.1, 0.15) is 13.8 Å². The predicted molar refractivity (Wildman–Crippen MR) is 150 cm³/mol. The molecule has 1 fully saturated rings. The number of anilines is 2. The van der Waals surface area contributed by atoms with Gasteiger partial charge < -0.3 is 25.3 Å². The molecule has 1 unspecified atom stereocenters. The summed E-state index contributed by atoms with van der Waals surface area (Å²) in [7, 11) is 0. The Labute approximate surface area is 223 Å². The lowest BCUT2D eigenvalue weighted by molar-refractivity contribution is -0.145. The second kappa shape index (κ2) is 9.43. The van der Waals surface area contributed by atoms with Crippen molar-refractivity contribution in [2.45, 2.75) is 25.5 Å². The van der Waals surface area contributed by atoms with Crippen molar-refractivity contribution < 1.29 is 14.3 Å². The zero-order chi connectivity index (χ0) is 26.4. The fraction of sp³-hybridized carbons (Fsp3) is 0.250. The first-order valence-corrected chi connectivity index (χ1v) is 12.7. The summed E-state index contributed by atoms with van der Waals surface area (Å²) >= 11 is 6.42. The molecule has 9 nitrogen and oxygen atoms in total. The number of rotatable bonds is 5. The van der Waals surface area contributed by atoms with Gasteiger partial charge in [-0.2, -0.15) is 0 Å². The lowest BCUT2D eigenvalue weighted by Crippen LogP contribution is -2.59. The molecule has 2 amide bonds. The number of H-pyrrole nitrogens is 2. The Hall–Kier alpha value is -3.92. The molecule has 1 aliphatic rings. The van der Waals surface area contributed by atoms with Crippen molar-refractivity contribution >= 4 is 67.5 Å². The van der Waals surface area contributed by atoms with Crippen molar-refractivity contribution in [1.29, 1.82) is 0 Å². The number of nitrogens with zero attached hydrogens (tertiary/aromatic N) is 2. The maximum Gasteiger partial charge on any atom is 0.244 e. The van der Waals surface area contributed by atoms with Gasteiger partial charge >= 0.3 is 0 Å². The molecule has 1 aliphatic heterocycles. The zero-order valence-corrected chi connectivity index (χ0v) is 21.7. The van der Waals surface area contributed by atoms with Gasteiger partial charge in [-0.05, 0) is 56.3 Å². The van der Waals surface area contributed by atoms with E-state index in [-0.39, 0.29) is 25.0 Å². The van der Waals surface area contributed by atoms with Gasteiger partial charge in [0.1, 0.15) is 6.04 Å². The van der Waals surface area contributed by atoms with Gasteiger partial charge in [0.05, 0.1) is 41.7 Å². The average molecular weight is 531 g/mol. The van der Waals surface area contributed by atoms with Crippen LogP contribution in [-0.2, 0) is 14.3 Å². The molecule has 0 radical (unpaired) electrons. The molecule has 1 saturated heterocycles. The van der Waals surface area contributed by atoms with Crippen molar-refractivity contribution in [2.24, 2.45) is 0 Å². The standard InChI is InChI=1S/C28H27ClN6O3/c1-28(2)15-35(13-25(36)32-18-3-4-21-16(9-18)5-8-31-21)24(14-38-28)27(37)34-22-11-17(29)10-20-19-6-7-30-12-23(19)33-26(20)22/h3-12,24,31,33H,13-15H2,1-2H3,(H,32,36)(H,34,37). The van der Waals surface area contributed by atoms with Crippen molar-refractivity contribution in [1.82, 2.24) is 19.9 Å². The third-order valence-corrected chi connectivity index (χ3v) is 7.09. The SMILES string of the molecule is CC1(C)CN(CC(=O)Nc2ccc3[nH]ccc3c2)C(C(=O)Nc2cc(Cl)cc3c2[nH]c2cnccc23)CO1. The number of ether oxygens (including phenoxy) is 1. The number of pyridine rings is 1. The van der Waals surface area contributed by atoms with Crippen LogP contribution < -0.4 is 10.6 Å². The number of carbonyl (C=O) groups excluding carboxylic acids is 2. The molecule has 1 atom stereocenters. The van der Waals surface area contributed by atoms with Crippen LogP contribution in [0.2, 0.25) is 5.02 Å². The maximum atomic E-state index is 13.6. The molecule has 0 spiro atoms. The number of hydrogen-bond acceptors (Lipinski definition) is 5. The molecule has 3 aromatic heterocycles. The monoisotopic (exact) mass is 530 g/mol. The highest BCUT2D eigenvalue weighted by atomic mass is 35.5. The second-order valence-corrected chi connectivity index (χ2v) is 10.7. The highest BCUT2D eigenvalue weighted by molar-refractivity contribution is 6.33. The molecule has 0 aliphatic carbocycles. The molecule has 4 heterocycles. The fourth-order valence-electron chi connectivity index (χ4n) is 5.11. The molecule has 6 rings (SSSR count). The first-order valence-electron chi connectivity index (χ1n) is 12.4. The van der Waals surface area contributed by atoms with E-state index in [1.165, 1.54) is 0 Å². The van der Waals surface area contributed by atoms with Crippen molar-refractivity contribution in [2.75, 3.05) is 30.3 Å². The van der Waals surface area contributed by atoms with Crippen LogP contribution in [0.25, 0.3) is 32.7 Å². The molecule has 4 N–H and O–H groups in total. The Morgan fingerprint density at radius 2 is 2.00 bits per heavy atom. The normalized spacial score (nSPS) is 17.7. The van der Waals surface area contributed by atoms with Gasteiger partial charge in [0.15, 0.2) is 0 Å². The van der Waals surface area contributed by atoms with Crippen molar-refractivity contribution in [3.63, 3.8) is 0 Å². The molecule has 10 heteroatoms. The zero-order valence-electron chi connectivity index (χ0n) is 21.0. The Kier molecular flexibility index (Phi) is 6.06. The lowest BCUT2D eigenvalue weighted by Gasteiger charge is -2.42. The number of hydrogen-bond donors (Lipinski definition) is 4. The summed E-state index contributed by atoms with van der Waals surface area (Å²) in [4.78, 5) is 39.1. The average Bonchev–Trinajstić information content (AvgIpc) is 3.48. The lowest BCUT2D eigenvalue weighted by atomic mass is 10.0. The molecule has 5 aromatic rings. The van der Waals surface area contributed by atoms with Crippen LogP contribution in [-0.4, -0.2) is 63.0 Å². The largest absolute Gasteiger partial charge is 0.372 e. The van der Waals surface area contributed by atoms with Crippen LogP contribution >= 0.6 is 11.6 Å². The highest BCUT2D eigenvalue weighted by Gasteiger charge is 2.38. The molecular formula is C28H27ClN6O3. The minimum Gasteiger partial charge on any atom is -0.372 e. The van der Waals surface area contributed by atoms with Crippen LogP contribution in [0.5, 0.6) is 0 Å². The Morgan fingerprint density at radius 1 is 1.13 bits per heavy atom. The van der Waals surface area contributed by atoms with E-state index in [1.807, 2.05) is 61.3 Å². The van der Waals surface area contributed by atoms with E-state index in [4.69, 9.17) is 16.3 Å². The van der Waals surface area contributed by atoms with E-state index in [0.29, 0.717) is 22.9 Å². The van der Waals surface area contributed by atoms with Crippen LogP contribution in [0.4, 0.5) is 11.4 Å². The van der Waals surface area contributed by atoms with Gasteiger partial charge in [0, 0.05) is 51.3 Å². The number of aromatic amines is 2. The molecule has 0 saturated carbocycles. The number of fused-ring (bicyclic) bond motifs is 4. The molecule has 194 valence electrons. The van der Waals surface area contributed by atoms with Gasteiger partial charge in [0.25, 0.3) is 0 Å². The number of amides is 2. The third kappa shape index (κ3) is 4.71. The van der Waals surface area contributed by atoms with Crippen molar-refractivity contribution in [3.05, 3.63) is 66.1 Å². The quantitative estimate of drug-likeness (QED) is 0.258. The summed E-state index contributed by atoms with van der Waals surface area (Å²) in [5.41, 5.74) is 3.35. The van der Waals surface area contributed by atoms with E-state index in [9.17, 15) is 9.59 Å². The van der Waals surface area contributed by atoms with E-state index in [0.717, 1.165) is 32.7 Å². The topological polar surface area (TPSA) is 115 Å².